The summed E-state index contributed by atoms with van der Waals surface area (Å²) in [6.45, 7) is 0.969. The van der Waals surface area contributed by atoms with Crippen LogP contribution in [0.1, 0.15) is 32.1 Å². The molecule has 3 N–H and O–H groups in total. The molecule has 1 amide bonds. The number of benzene rings is 1. The topological polar surface area (TPSA) is 64.3 Å². The Morgan fingerprint density at radius 2 is 2.10 bits per heavy atom. The van der Waals surface area contributed by atoms with E-state index in [9.17, 15) is 4.79 Å². The number of amides is 1. The quantitative estimate of drug-likeness (QED) is 0.849. The highest BCUT2D eigenvalue weighted by Gasteiger charge is 2.25. The van der Waals surface area contributed by atoms with Crippen LogP contribution in [-0.2, 0) is 4.79 Å². The maximum absolute atomic E-state index is 12.0. The van der Waals surface area contributed by atoms with Crippen LogP contribution in [0.3, 0.4) is 0 Å². The van der Waals surface area contributed by atoms with E-state index < -0.39 is 0 Å². The normalized spacial score (nSPS) is 21.8. The maximum Gasteiger partial charge on any atom is 0.223 e. The summed E-state index contributed by atoms with van der Waals surface area (Å²) < 4.78 is 5.53. The van der Waals surface area contributed by atoms with Crippen LogP contribution in [0.25, 0.3) is 0 Å². The van der Waals surface area contributed by atoms with E-state index in [1.807, 2.05) is 12.1 Å². The number of hydrogen-bond donors (Lipinski definition) is 2. The molecule has 2 atom stereocenters. The third kappa shape index (κ3) is 4.90. The first kappa shape index (κ1) is 16.1. The second-order valence-electron chi connectivity index (χ2n) is 5.48. The van der Waals surface area contributed by atoms with Crippen molar-refractivity contribution >= 4 is 17.5 Å². The van der Waals surface area contributed by atoms with Gasteiger partial charge in [0.1, 0.15) is 5.75 Å². The standard InChI is InChI=1S/C16H23ClN2O2/c17-13-6-2-4-8-15(13)21-10-9-16(20)19-14-7-3-1-5-12(14)11-18/h2,4,6,8,12,14H,1,3,5,7,9-11,18H2,(H,19,20). The Kier molecular flexibility index (Phi) is 6.33. The van der Waals surface area contributed by atoms with E-state index in [2.05, 4.69) is 5.32 Å². The number of halogens is 1. The van der Waals surface area contributed by atoms with Crippen molar-refractivity contribution in [1.29, 1.82) is 0 Å². The predicted octanol–water partition coefficient (Wildman–Crippen LogP) is 2.74. The van der Waals surface area contributed by atoms with Crippen LogP contribution >= 0.6 is 11.6 Å². The lowest BCUT2D eigenvalue weighted by molar-refractivity contribution is -0.122. The van der Waals surface area contributed by atoms with Gasteiger partial charge < -0.3 is 15.8 Å². The zero-order chi connectivity index (χ0) is 15.1. The van der Waals surface area contributed by atoms with Crippen LogP contribution < -0.4 is 15.8 Å². The van der Waals surface area contributed by atoms with Gasteiger partial charge in [-0.1, -0.05) is 36.6 Å². The van der Waals surface area contributed by atoms with Gasteiger partial charge in [0.05, 0.1) is 18.1 Å². The Morgan fingerprint density at radius 3 is 2.86 bits per heavy atom. The number of carbonyl (C=O) groups is 1. The summed E-state index contributed by atoms with van der Waals surface area (Å²) in [6.07, 6.45) is 4.84. The van der Waals surface area contributed by atoms with Crippen molar-refractivity contribution in [1.82, 2.24) is 5.32 Å². The lowest BCUT2D eigenvalue weighted by Crippen LogP contribution is -2.45. The summed E-state index contributed by atoms with van der Waals surface area (Å²) in [7, 11) is 0. The molecular formula is C16H23ClN2O2. The fourth-order valence-corrected chi connectivity index (χ4v) is 2.96. The molecule has 0 aliphatic heterocycles. The molecule has 2 rings (SSSR count). The van der Waals surface area contributed by atoms with Crippen molar-refractivity contribution < 1.29 is 9.53 Å². The van der Waals surface area contributed by atoms with Crippen molar-refractivity contribution in [2.45, 2.75) is 38.1 Å². The molecule has 116 valence electrons. The monoisotopic (exact) mass is 310 g/mol. The minimum absolute atomic E-state index is 0.0207. The van der Waals surface area contributed by atoms with Crippen LogP contribution in [0.5, 0.6) is 5.75 Å². The largest absolute Gasteiger partial charge is 0.491 e. The van der Waals surface area contributed by atoms with Crippen LogP contribution in [0, 0.1) is 5.92 Å². The zero-order valence-electron chi connectivity index (χ0n) is 12.2. The molecule has 0 bridgehead atoms. The average Bonchev–Trinajstić information content (AvgIpc) is 2.50. The van der Waals surface area contributed by atoms with Crippen LogP contribution in [0.4, 0.5) is 0 Å². The summed E-state index contributed by atoms with van der Waals surface area (Å²) in [5, 5.41) is 3.65. The van der Waals surface area contributed by atoms with Crippen molar-refractivity contribution in [3.05, 3.63) is 29.3 Å². The molecule has 0 radical (unpaired) electrons. The highest BCUT2D eigenvalue weighted by molar-refractivity contribution is 6.32. The summed E-state index contributed by atoms with van der Waals surface area (Å²) in [5.74, 6) is 1.05. The van der Waals surface area contributed by atoms with Gasteiger partial charge in [-0.3, -0.25) is 4.79 Å². The Balaban J connectivity index is 1.73. The van der Waals surface area contributed by atoms with Crippen LogP contribution in [0.2, 0.25) is 5.02 Å². The minimum atomic E-state index is 0.0207. The Bertz CT molecular complexity index is 467. The molecule has 0 heterocycles. The Labute approximate surface area is 131 Å². The molecule has 1 aromatic rings. The zero-order valence-corrected chi connectivity index (χ0v) is 12.9. The highest BCUT2D eigenvalue weighted by Crippen LogP contribution is 2.24. The Morgan fingerprint density at radius 1 is 1.33 bits per heavy atom. The van der Waals surface area contributed by atoms with Gasteiger partial charge in [-0.05, 0) is 37.4 Å². The summed E-state index contributed by atoms with van der Waals surface area (Å²) in [5.41, 5.74) is 5.77. The van der Waals surface area contributed by atoms with Gasteiger partial charge in [0.15, 0.2) is 0 Å². The molecule has 1 saturated carbocycles. The summed E-state index contributed by atoms with van der Waals surface area (Å²) in [6, 6.07) is 7.49. The van der Waals surface area contributed by atoms with Gasteiger partial charge in [0.25, 0.3) is 0 Å². The number of ether oxygens (including phenoxy) is 1. The Hall–Kier alpha value is -1.26. The molecule has 21 heavy (non-hydrogen) atoms. The van der Waals surface area contributed by atoms with Crippen LogP contribution in [-0.4, -0.2) is 25.1 Å². The van der Waals surface area contributed by atoms with Crippen molar-refractivity contribution in [2.24, 2.45) is 11.7 Å². The first-order valence-corrected chi connectivity index (χ1v) is 7.95. The molecule has 4 nitrogen and oxygen atoms in total. The molecule has 0 aromatic heterocycles. The number of nitrogens with one attached hydrogen (secondary N) is 1. The molecule has 1 fully saturated rings. The van der Waals surface area contributed by atoms with E-state index in [0.717, 1.165) is 19.3 Å². The highest BCUT2D eigenvalue weighted by atomic mass is 35.5. The van der Waals surface area contributed by atoms with E-state index in [1.54, 1.807) is 12.1 Å². The summed E-state index contributed by atoms with van der Waals surface area (Å²) in [4.78, 5) is 12.0. The lowest BCUT2D eigenvalue weighted by Gasteiger charge is -2.31. The molecule has 0 spiro atoms. The van der Waals surface area contributed by atoms with E-state index in [4.69, 9.17) is 22.1 Å². The number of hydrogen-bond acceptors (Lipinski definition) is 3. The van der Waals surface area contributed by atoms with E-state index in [1.165, 1.54) is 6.42 Å². The maximum atomic E-state index is 12.0. The molecule has 1 aliphatic rings. The molecular weight excluding hydrogens is 288 g/mol. The van der Waals surface area contributed by atoms with Crippen molar-refractivity contribution in [2.75, 3.05) is 13.2 Å². The number of nitrogens with two attached hydrogens (primary N) is 1. The fourth-order valence-electron chi connectivity index (χ4n) is 2.77. The molecule has 0 saturated heterocycles. The molecule has 5 heteroatoms. The first-order chi connectivity index (χ1) is 10.2. The first-order valence-electron chi connectivity index (χ1n) is 7.57. The number of carbonyl (C=O) groups excluding carboxylic acids is 1. The number of para-hydroxylation sites is 1. The third-order valence-electron chi connectivity index (χ3n) is 3.98. The van der Waals surface area contributed by atoms with Crippen LogP contribution in [0.15, 0.2) is 24.3 Å². The molecule has 2 unspecified atom stereocenters. The van der Waals surface area contributed by atoms with Gasteiger partial charge in [0, 0.05) is 6.04 Å². The van der Waals surface area contributed by atoms with E-state index >= 15 is 0 Å². The molecule has 1 aliphatic carbocycles. The van der Waals surface area contributed by atoms with Gasteiger partial charge in [-0.2, -0.15) is 0 Å². The van der Waals surface area contributed by atoms with E-state index in [0.29, 0.717) is 36.3 Å². The van der Waals surface area contributed by atoms with Gasteiger partial charge >= 0.3 is 0 Å². The smallest absolute Gasteiger partial charge is 0.223 e. The number of rotatable bonds is 6. The van der Waals surface area contributed by atoms with Crippen molar-refractivity contribution in [3.8, 4) is 5.75 Å². The second-order valence-corrected chi connectivity index (χ2v) is 5.89. The lowest BCUT2D eigenvalue weighted by atomic mass is 9.84. The third-order valence-corrected chi connectivity index (χ3v) is 4.29. The van der Waals surface area contributed by atoms with Gasteiger partial charge in [-0.15, -0.1) is 0 Å². The van der Waals surface area contributed by atoms with Gasteiger partial charge in [-0.25, -0.2) is 0 Å². The van der Waals surface area contributed by atoms with Crippen molar-refractivity contribution in [3.63, 3.8) is 0 Å². The fraction of sp³-hybridized carbons (Fsp3) is 0.562. The predicted molar refractivity (Wildman–Crippen MR) is 84.5 cm³/mol. The van der Waals surface area contributed by atoms with E-state index in [-0.39, 0.29) is 11.9 Å². The SMILES string of the molecule is NCC1CCCCC1NC(=O)CCOc1ccccc1Cl. The molecule has 1 aromatic carbocycles. The van der Waals surface area contributed by atoms with Gasteiger partial charge in [0.2, 0.25) is 5.91 Å². The summed E-state index contributed by atoms with van der Waals surface area (Å²) >= 11 is 5.99. The average molecular weight is 311 g/mol. The second kappa shape index (κ2) is 8.25. The minimum Gasteiger partial charge on any atom is -0.491 e.